The van der Waals surface area contributed by atoms with Gasteiger partial charge in [-0.2, -0.15) is 5.10 Å². The lowest BCUT2D eigenvalue weighted by molar-refractivity contribution is -0.124. The van der Waals surface area contributed by atoms with E-state index in [0.29, 0.717) is 11.3 Å². The molecule has 2 rings (SSSR count). The summed E-state index contributed by atoms with van der Waals surface area (Å²) in [5, 5.41) is 6.97. The highest BCUT2D eigenvalue weighted by Gasteiger charge is 2.18. The Morgan fingerprint density at radius 3 is 2.36 bits per heavy atom. The summed E-state index contributed by atoms with van der Waals surface area (Å²) in [6, 6.07) is 7.95. The molecule has 0 fully saturated rings. The van der Waals surface area contributed by atoms with Crippen molar-refractivity contribution in [2.45, 2.75) is 32.9 Å². The van der Waals surface area contributed by atoms with Crippen LogP contribution in [0.25, 0.3) is 11.3 Å². The van der Waals surface area contributed by atoms with Crippen LogP contribution >= 0.6 is 0 Å². The molecule has 0 aliphatic carbocycles. The fourth-order valence-electron chi connectivity index (χ4n) is 1.99. The maximum absolute atomic E-state index is 13.0. The van der Waals surface area contributed by atoms with Crippen molar-refractivity contribution in [2.24, 2.45) is 0 Å². The molecule has 1 heterocycles. The van der Waals surface area contributed by atoms with Crippen molar-refractivity contribution in [3.05, 3.63) is 52.6 Å². The number of halogens is 1. The quantitative estimate of drug-likeness (QED) is 0.941. The summed E-state index contributed by atoms with van der Waals surface area (Å²) < 4.78 is 14.1. The Kier molecular flexibility index (Phi) is 4.70. The van der Waals surface area contributed by atoms with Gasteiger partial charge in [0.2, 0.25) is 5.91 Å². The van der Waals surface area contributed by atoms with E-state index in [0.717, 1.165) is 4.68 Å². The molecule has 5 nitrogen and oxygen atoms in total. The number of hydrogen-bond donors (Lipinski definition) is 1. The molecule has 116 valence electrons. The zero-order chi connectivity index (χ0) is 16.3. The van der Waals surface area contributed by atoms with Crippen LogP contribution in [0.5, 0.6) is 0 Å². The summed E-state index contributed by atoms with van der Waals surface area (Å²) in [6.45, 7) is 5.30. The van der Waals surface area contributed by atoms with Gasteiger partial charge in [-0.05, 0) is 51.1 Å². The molecule has 0 saturated carbocycles. The summed E-state index contributed by atoms with van der Waals surface area (Å²) in [4.78, 5) is 24.0. The first kappa shape index (κ1) is 15.9. The molecule has 1 aromatic heterocycles. The number of aromatic nitrogens is 2. The molecule has 0 bridgehead atoms. The second-order valence-corrected chi connectivity index (χ2v) is 5.35. The van der Waals surface area contributed by atoms with Gasteiger partial charge >= 0.3 is 0 Å². The third-order valence-corrected chi connectivity index (χ3v) is 3.14. The van der Waals surface area contributed by atoms with E-state index in [9.17, 15) is 14.0 Å². The van der Waals surface area contributed by atoms with Crippen molar-refractivity contribution in [1.29, 1.82) is 0 Å². The Labute approximate surface area is 127 Å². The predicted molar refractivity (Wildman–Crippen MR) is 81.9 cm³/mol. The number of hydrogen-bond acceptors (Lipinski definition) is 3. The topological polar surface area (TPSA) is 64.0 Å². The maximum atomic E-state index is 13.0. The number of nitrogens with zero attached hydrogens (tertiary/aromatic N) is 2. The van der Waals surface area contributed by atoms with Crippen molar-refractivity contribution >= 4 is 5.91 Å². The molecule has 0 spiro atoms. The van der Waals surface area contributed by atoms with E-state index >= 15 is 0 Å². The Morgan fingerprint density at radius 2 is 1.77 bits per heavy atom. The molecule has 1 atom stereocenters. The fourth-order valence-corrected chi connectivity index (χ4v) is 1.99. The molecular weight excluding hydrogens is 285 g/mol. The average Bonchev–Trinajstić information content (AvgIpc) is 2.47. The molecule has 1 N–H and O–H groups in total. The van der Waals surface area contributed by atoms with E-state index in [2.05, 4.69) is 10.4 Å². The van der Waals surface area contributed by atoms with E-state index in [-0.39, 0.29) is 23.3 Å². The molecule has 2 aromatic rings. The van der Waals surface area contributed by atoms with Gasteiger partial charge in [0.25, 0.3) is 5.56 Å². The first-order valence-corrected chi connectivity index (χ1v) is 7.04. The van der Waals surface area contributed by atoms with Gasteiger partial charge in [-0.1, -0.05) is 0 Å². The zero-order valence-electron chi connectivity index (χ0n) is 12.7. The fraction of sp³-hybridized carbons (Fsp3) is 0.312. The molecule has 0 radical (unpaired) electrons. The van der Waals surface area contributed by atoms with Crippen LogP contribution in [0.4, 0.5) is 4.39 Å². The van der Waals surface area contributed by atoms with Crippen molar-refractivity contribution in [3.8, 4) is 11.3 Å². The van der Waals surface area contributed by atoms with Gasteiger partial charge in [0.15, 0.2) is 0 Å². The number of carbonyl (C=O) groups excluding carboxylic acids is 1. The summed E-state index contributed by atoms with van der Waals surface area (Å²) in [5.41, 5.74) is 0.813. The SMILES string of the molecule is CC(C)NC(=O)[C@@H](C)n1nc(-c2ccc(F)cc2)ccc1=O. The Bertz CT molecular complexity index is 723. The van der Waals surface area contributed by atoms with Gasteiger partial charge in [0.05, 0.1) is 5.69 Å². The standard InChI is InChI=1S/C16H18FN3O2/c1-10(2)18-16(22)11(3)20-15(21)9-8-14(19-20)12-4-6-13(17)7-5-12/h4-11H,1-3H3,(H,18,22)/t11-/m1/s1. The van der Waals surface area contributed by atoms with Gasteiger partial charge in [-0.25, -0.2) is 9.07 Å². The molecule has 6 heteroatoms. The highest BCUT2D eigenvalue weighted by atomic mass is 19.1. The Balaban J connectivity index is 2.36. The van der Waals surface area contributed by atoms with Crippen molar-refractivity contribution < 1.29 is 9.18 Å². The predicted octanol–water partition coefficient (Wildman–Crippen LogP) is 2.13. The summed E-state index contributed by atoms with van der Waals surface area (Å²) in [5.74, 6) is -0.623. The number of carbonyl (C=O) groups is 1. The molecule has 0 aliphatic rings. The molecule has 1 amide bonds. The number of rotatable bonds is 4. The Morgan fingerprint density at radius 1 is 1.14 bits per heavy atom. The van der Waals surface area contributed by atoms with E-state index < -0.39 is 6.04 Å². The molecule has 0 unspecified atom stereocenters. The third kappa shape index (κ3) is 3.58. The van der Waals surface area contributed by atoms with Gasteiger partial charge in [0.1, 0.15) is 11.9 Å². The molecule has 22 heavy (non-hydrogen) atoms. The van der Waals surface area contributed by atoms with Crippen LogP contribution in [-0.2, 0) is 4.79 Å². The first-order valence-electron chi connectivity index (χ1n) is 7.04. The molecular formula is C16H18FN3O2. The normalized spacial score (nSPS) is 12.2. The van der Waals surface area contributed by atoms with Crippen molar-refractivity contribution in [3.63, 3.8) is 0 Å². The smallest absolute Gasteiger partial charge is 0.267 e. The van der Waals surface area contributed by atoms with Crippen LogP contribution in [-0.4, -0.2) is 21.7 Å². The van der Waals surface area contributed by atoms with Gasteiger partial charge in [0, 0.05) is 17.7 Å². The van der Waals surface area contributed by atoms with Crippen LogP contribution in [0.15, 0.2) is 41.2 Å². The highest BCUT2D eigenvalue weighted by Crippen LogP contribution is 2.16. The number of benzene rings is 1. The Hall–Kier alpha value is -2.50. The van der Waals surface area contributed by atoms with Crippen LogP contribution in [0.3, 0.4) is 0 Å². The van der Waals surface area contributed by atoms with E-state index in [4.69, 9.17) is 0 Å². The second kappa shape index (κ2) is 6.51. The number of amides is 1. The average molecular weight is 303 g/mol. The molecule has 1 aromatic carbocycles. The van der Waals surface area contributed by atoms with E-state index in [1.54, 1.807) is 25.1 Å². The summed E-state index contributed by atoms with van der Waals surface area (Å²) in [7, 11) is 0. The lowest BCUT2D eigenvalue weighted by atomic mass is 10.1. The van der Waals surface area contributed by atoms with Crippen LogP contribution in [0.1, 0.15) is 26.8 Å². The largest absolute Gasteiger partial charge is 0.352 e. The first-order chi connectivity index (χ1) is 10.4. The van der Waals surface area contributed by atoms with E-state index in [1.807, 2.05) is 13.8 Å². The van der Waals surface area contributed by atoms with Gasteiger partial charge < -0.3 is 5.32 Å². The van der Waals surface area contributed by atoms with Crippen LogP contribution < -0.4 is 10.9 Å². The summed E-state index contributed by atoms with van der Waals surface area (Å²) in [6.07, 6.45) is 0. The van der Waals surface area contributed by atoms with Crippen molar-refractivity contribution in [2.75, 3.05) is 0 Å². The minimum atomic E-state index is -0.727. The maximum Gasteiger partial charge on any atom is 0.267 e. The lowest BCUT2D eigenvalue weighted by Gasteiger charge is -2.16. The summed E-state index contributed by atoms with van der Waals surface area (Å²) >= 11 is 0. The lowest BCUT2D eigenvalue weighted by Crippen LogP contribution is -2.39. The van der Waals surface area contributed by atoms with E-state index in [1.165, 1.54) is 18.2 Å². The second-order valence-electron chi connectivity index (χ2n) is 5.35. The van der Waals surface area contributed by atoms with Gasteiger partial charge in [-0.15, -0.1) is 0 Å². The molecule has 0 saturated heterocycles. The highest BCUT2D eigenvalue weighted by molar-refractivity contribution is 5.80. The minimum Gasteiger partial charge on any atom is -0.352 e. The third-order valence-electron chi connectivity index (χ3n) is 3.14. The monoisotopic (exact) mass is 303 g/mol. The van der Waals surface area contributed by atoms with Crippen LogP contribution in [0.2, 0.25) is 0 Å². The molecule has 0 aliphatic heterocycles. The number of nitrogens with one attached hydrogen (secondary N) is 1. The van der Waals surface area contributed by atoms with Gasteiger partial charge in [-0.3, -0.25) is 9.59 Å². The van der Waals surface area contributed by atoms with Crippen molar-refractivity contribution in [1.82, 2.24) is 15.1 Å². The van der Waals surface area contributed by atoms with Crippen LogP contribution in [0, 0.1) is 5.82 Å². The zero-order valence-corrected chi connectivity index (χ0v) is 12.7. The minimum absolute atomic E-state index is 0.0223.